The van der Waals surface area contributed by atoms with Crippen molar-refractivity contribution in [3.8, 4) is 0 Å². The van der Waals surface area contributed by atoms with E-state index in [1.165, 1.54) is 6.07 Å². The molecule has 0 radical (unpaired) electrons. The van der Waals surface area contributed by atoms with Gasteiger partial charge in [0.1, 0.15) is 0 Å². The van der Waals surface area contributed by atoms with Gasteiger partial charge in [0.15, 0.2) is 0 Å². The first-order valence-electron chi connectivity index (χ1n) is 5.53. The van der Waals surface area contributed by atoms with E-state index in [1.807, 2.05) is 0 Å². The normalized spacial score (nSPS) is 25.2. The van der Waals surface area contributed by atoms with Crippen LogP contribution in [0.3, 0.4) is 0 Å². The molecule has 1 aromatic rings. The zero-order chi connectivity index (χ0) is 12.6. The van der Waals surface area contributed by atoms with Gasteiger partial charge >= 0.3 is 6.18 Å². The first kappa shape index (κ1) is 12.4. The lowest BCUT2D eigenvalue weighted by molar-refractivity contribution is -0.137. The largest absolute Gasteiger partial charge is 0.416 e. The van der Waals surface area contributed by atoms with Crippen molar-refractivity contribution in [2.75, 3.05) is 0 Å². The van der Waals surface area contributed by atoms with Crippen LogP contribution in [-0.2, 0) is 12.6 Å². The Morgan fingerprint density at radius 2 is 2.00 bits per heavy atom. The Morgan fingerprint density at radius 3 is 2.65 bits per heavy atom. The predicted molar refractivity (Wildman–Crippen MR) is 57.3 cm³/mol. The maximum Gasteiger partial charge on any atom is 0.416 e. The van der Waals surface area contributed by atoms with Crippen molar-refractivity contribution >= 4 is 0 Å². The molecular formula is C12H14F3NO. The van der Waals surface area contributed by atoms with Crippen molar-refractivity contribution in [2.45, 2.75) is 37.6 Å². The van der Waals surface area contributed by atoms with Gasteiger partial charge in [-0.2, -0.15) is 13.2 Å². The molecule has 5 heteroatoms. The van der Waals surface area contributed by atoms with E-state index in [0.29, 0.717) is 30.4 Å². The first-order chi connectivity index (χ1) is 7.89. The number of alkyl halides is 3. The minimum atomic E-state index is -4.34. The number of aryl methyl sites for hydroxylation is 1. The van der Waals surface area contributed by atoms with E-state index in [-0.39, 0.29) is 0 Å². The van der Waals surface area contributed by atoms with Gasteiger partial charge in [-0.25, -0.2) is 0 Å². The zero-order valence-corrected chi connectivity index (χ0v) is 9.17. The summed E-state index contributed by atoms with van der Waals surface area (Å²) in [5.41, 5.74) is 6.16. The van der Waals surface area contributed by atoms with Crippen LogP contribution in [0.5, 0.6) is 0 Å². The van der Waals surface area contributed by atoms with Crippen molar-refractivity contribution < 1.29 is 18.3 Å². The summed E-state index contributed by atoms with van der Waals surface area (Å²) in [5, 5.41) is 9.90. The average molecular weight is 245 g/mol. The number of hydrogen-bond acceptors (Lipinski definition) is 2. The van der Waals surface area contributed by atoms with E-state index in [0.717, 1.165) is 12.1 Å². The summed E-state index contributed by atoms with van der Waals surface area (Å²) in [6.07, 6.45) is -3.35. The summed E-state index contributed by atoms with van der Waals surface area (Å²) in [5.74, 6) is 0. The van der Waals surface area contributed by atoms with Gasteiger partial charge in [0.2, 0.25) is 0 Å². The fraction of sp³-hybridized carbons (Fsp3) is 0.500. The predicted octanol–water partition coefficient (Wildman–Crippen LogP) is 2.40. The van der Waals surface area contributed by atoms with Crippen LogP contribution in [-0.4, -0.2) is 11.1 Å². The van der Waals surface area contributed by atoms with Crippen LogP contribution in [0.1, 0.15) is 35.6 Å². The number of rotatable bonds is 0. The second kappa shape index (κ2) is 4.31. The average Bonchev–Trinajstić information content (AvgIpc) is 2.38. The van der Waals surface area contributed by atoms with E-state index in [2.05, 4.69) is 0 Å². The lowest BCUT2D eigenvalue weighted by Gasteiger charge is -2.18. The van der Waals surface area contributed by atoms with Crippen LogP contribution in [0.15, 0.2) is 18.2 Å². The van der Waals surface area contributed by atoms with Crippen LogP contribution < -0.4 is 5.73 Å². The third-order valence-electron chi connectivity index (χ3n) is 3.18. The molecule has 2 rings (SSSR count). The molecule has 0 bridgehead atoms. The highest BCUT2D eigenvalue weighted by atomic mass is 19.4. The summed E-state index contributed by atoms with van der Waals surface area (Å²) < 4.78 is 37.6. The molecule has 0 fully saturated rings. The molecule has 0 saturated carbocycles. The fourth-order valence-electron chi connectivity index (χ4n) is 2.20. The Labute approximate surface area is 97.2 Å². The second-order valence-corrected chi connectivity index (χ2v) is 4.41. The number of fused-ring (bicyclic) bond motifs is 1. The number of aliphatic hydroxyl groups is 1. The summed E-state index contributed by atoms with van der Waals surface area (Å²) in [7, 11) is 0. The van der Waals surface area contributed by atoms with Crippen LogP contribution in [0.4, 0.5) is 13.2 Å². The summed E-state index contributed by atoms with van der Waals surface area (Å²) in [6.45, 7) is 0. The molecule has 17 heavy (non-hydrogen) atoms. The molecule has 0 aliphatic heterocycles. The Kier molecular flexibility index (Phi) is 3.14. The first-order valence-corrected chi connectivity index (χ1v) is 5.53. The Balaban J connectivity index is 2.43. The van der Waals surface area contributed by atoms with Crippen molar-refractivity contribution in [3.63, 3.8) is 0 Å². The van der Waals surface area contributed by atoms with Gasteiger partial charge in [0, 0.05) is 6.04 Å². The van der Waals surface area contributed by atoms with Gasteiger partial charge in [-0.05, 0) is 42.5 Å². The summed E-state index contributed by atoms with van der Waals surface area (Å²) in [4.78, 5) is 0. The standard InChI is InChI=1S/C12H14F3NO/c13-12(14,15)8-4-5-9-7(6-8)2-1-3-10(16)11(9)17/h4-6,10-11,17H,1-3,16H2/t10-,11+/m0/s1. The monoisotopic (exact) mass is 245 g/mol. The van der Waals surface area contributed by atoms with E-state index >= 15 is 0 Å². The number of halogens is 3. The number of nitrogens with two attached hydrogens (primary N) is 1. The van der Waals surface area contributed by atoms with Gasteiger partial charge in [-0.1, -0.05) is 6.07 Å². The highest BCUT2D eigenvalue weighted by Gasteiger charge is 2.32. The van der Waals surface area contributed by atoms with Crippen LogP contribution in [0, 0.1) is 0 Å². The SMILES string of the molecule is N[C@H]1CCCc2cc(C(F)(F)F)ccc2[C@H]1O. The third-order valence-corrected chi connectivity index (χ3v) is 3.18. The van der Waals surface area contributed by atoms with Crippen LogP contribution >= 0.6 is 0 Å². The van der Waals surface area contributed by atoms with Gasteiger partial charge in [0.25, 0.3) is 0 Å². The molecule has 1 aromatic carbocycles. The smallest absolute Gasteiger partial charge is 0.387 e. The molecule has 0 heterocycles. The Bertz CT molecular complexity index is 417. The van der Waals surface area contributed by atoms with E-state index < -0.39 is 23.9 Å². The molecule has 0 unspecified atom stereocenters. The number of hydrogen-bond donors (Lipinski definition) is 2. The van der Waals surface area contributed by atoms with Gasteiger partial charge in [-0.15, -0.1) is 0 Å². The fourth-order valence-corrected chi connectivity index (χ4v) is 2.20. The molecule has 0 spiro atoms. The van der Waals surface area contributed by atoms with Crippen LogP contribution in [0.2, 0.25) is 0 Å². The van der Waals surface area contributed by atoms with E-state index in [4.69, 9.17) is 5.73 Å². The second-order valence-electron chi connectivity index (χ2n) is 4.41. The minimum absolute atomic E-state index is 0.395. The summed E-state index contributed by atoms with van der Waals surface area (Å²) >= 11 is 0. The molecule has 2 atom stereocenters. The molecule has 0 saturated heterocycles. The Hall–Kier alpha value is -1.07. The molecular weight excluding hydrogens is 231 g/mol. The van der Waals surface area contributed by atoms with Gasteiger partial charge in [0.05, 0.1) is 11.7 Å². The van der Waals surface area contributed by atoms with Crippen molar-refractivity contribution in [1.82, 2.24) is 0 Å². The highest BCUT2D eigenvalue weighted by molar-refractivity contribution is 5.36. The topological polar surface area (TPSA) is 46.2 Å². The number of aliphatic hydroxyl groups excluding tert-OH is 1. The van der Waals surface area contributed by atoms with Crippen LogP contribution in [0.25, 0.3) is 0 Å². The highest BCUT2D eigenvalue weighted by Crippen LogP contribution is 2.34. The van der Waals surface area contributed by atoms with E-state index in [1.54, 1.807) is 0 Å². The zero-order valence-electron chi connectivity index (χ0n) is 9.17. The van der Waals surface area contributed by atoms with Crippen molar-refractivity contribution in [1.29, 1.82) is 0 Å². The lowest BCUT2D eigenvalue weighted by Crippen LogP contribution is -2.27. The maximum absolute atomic E-state index is 12.5. The summed E-state index contributed by atoms with van der Waals surface area (Å²) in [6, 6.07) is 3.07. The van der Waals surface area contributed by atoms with Gasteiger partial charge < -0.3 is 10.8 Å². The molecule has 1 aliphatic carbocycles. The molecule has 94 valence electrons. The van der Waals surface area contributed by atoms with Crippen molar-refractivity contribution in [3.05, 3.63) is 34.9 Å². The van der Waals surface area contributed by atoms with Crippen molar-refractivity contribution in [2.24, 2.45) is 5.73 Å². The third kappa shape index (κ3) is 2.45. The molecule has 1 aliphatic rings. The molecule has 0 aromatic heterocycles. The molecule has 2 nitrogen and oxygen atoms in total. The van der Waals surface area contributed by atoms with Gasteiger partial charge in [-0.3, -0.25) is 0 Å². The molecule has 3 N–H and O–H groups in total. The Morgan fingerprint density at radius 1 is 1.29 bits per heavy atom. The lowest BCUT2D eigenvalue weighted by atomic mass is 9.97. The quantitative estimate of drug-likeness (QED) is 0.689. The maximum atomic E-state index is 12.5. The number of benzene rings is 1. The minimum Gasteiger partial charge on any atom is -0.387 e. The van der Waals surface area contributed by atoms with E-state index in [9.17, 15) is 18.3 Å². The molecule has 0 amide bonds.